The number of halogens is 2. The number of nitrogens with zero attached hydrogens (tertiary/aromatic N) is 1. The lowest BCUT2D eigenvalue weighted by Crippen LogP contribution is -2.35. The molecule has 7 nitrogen and oxygen atoms in total. The topological polar surface area (TPSA) is 96.9 Å². The zero-order valence-electron chi connectivity index (χ0n) is 16.5. The first-order valence-electron chi connectivity index (χ1n) is 9.35. The van der Waals surface area contributed by atoms with Crippen LogP contribution in [0.15, 0.2) is 82.4 Å². The number of hydrogen-bond donors (Lipinski definition) is 2. The monoisotopic (exact) mass is 513 g/mol. The summed E-state index contributed by atoms with van der Waals surface area (Å²) < 4.78 is 6.18. The molecule has 3 aromatic rings. The molecule has 162 valence electrons. The van der Waals surface area contributed by atoms with Crippen LogP contribution in [0.25, 0.3) is 0 Å². The number of benzene rings is 3. The van der Waals surface area contributed by atoms with Gasteiger partial charge in [0.25, 0.3) is 11.8 Å². The largest absolute Gasteiger partial charge is 0.422 e. The zero-order valence-corrected chi connectivity index (χ0v) is 18.9. The Morgan fingerprint density at radius 2 is 1.72 bits per heavy atom. The van der Waals surface area contributed by atoms with Gasteiger partial charge in [-0.05, 0) is 42.5 Å². The van der Waals surface area contributed by atoms with E-state index in [4.69, 9.17) is 16.3 Å². The molecule has 2 N–H and O–H groups in total. The highest BCUT2D eigenvalue weighted by molar-refractivity contribution is 9.10. The van der Waals surface area contributed by atoms with E-state index in [0.29, 0.717) is 11.1 Å². The first-order valence-corrected chi connectivity index (χ1v) is 10.5. The molecule has 0 saturated heterocycles. The minimum atomic E-state index is -0.542. The lowest BCUT2D eigenvalue weighted by Gasteiger charge is -2.08. The SMILES string of the molecule is O=C(CNC(=O)c1ccccc1Cl)N/N=C/c1cc(Br)ccc1OC(=O)c1ccccc1. The minimum Gasteiger partial charge on any atom is -0.422 e. The molecule has 9 heteroatoms. The Bertz CT molecular complexity index is 1170. The van der Waals surface area contributed by atoms with Crippen LogP contribution in [-0.4, -0.2) is 30.5 Å². The molecule has 0 bridgehead atoms. The van der Waals surface area contributed by atoms with Crippen LogP contribution in [0.4, 0.5) is 0 Å². The molecular formula is C23H17BrClN3O4. The standard InChI is InChI=1S/C23H17BrClN3O4/c24-17-10-11-20(32-23(31)15-6-2-1-3-7-15)16(12-17)13-27-28-21(29)14-26-22(30)18-8-4-5-9-19(18)25/h1-13H,14H2,(H,26,30)(H,28,29)/b27-13+. The van der Waals surface area contributed by atoms with Crippen LogP contribution in [0.2, 0.25) is 5.02 Å². The van der Waals surface area contributed by atoms with Crippen molar-refractivity contribution >= 4 is 51.5 Å². The summed E-state index contributed by atoms with van der Waals surface area (Å²) >= 11 is 9.31. The quantitative estimate of drug-likeness (QED) is 0.214. The summed E-state index contributed by atoms with van der Waals surface area (Å²) in [7, 11) is 0. The Hall–Kier alpha value is -3.49. The van der Waals surface area contributed by atoms with Crippen LogP contribution < -0.4 is 15.5 Å². The average Bonchev–Trinajstić information content (AvgIpc) is 2.80. The number of carbonyl (C=O) groups excluding carboxylic acids is 3. The fraction of sp³-hybridized carbons (Fsp3) is 0.0435. The van der Waals surface area contributed by atoms with Gasteiger partial charge < -0.3 is 10.1 Å². The smallest absolute Gasteiger partial charge is 0.343 e. The van der Waals surface area contributed by atoms with Crippen molar-refractivity contribution in [1.29, 1.82) is 0 Å². The number of carbonyl (C=O) groups is 3. The van der Waals surface area contributed by atoms with Gasteiger partial charge in [-0.1, -0.05) is 57.9 Å². The van der Waals surface area contributed by atoms with Crippen LogP contribution >= 0.6 is 27.5 Å². The number of nitrogens with one attached hydrogen (secondary N) is 2. The zero-order chi connectivity index (χ0) is 22.9. The van der Waals surface area contributed by atoms with E-state index >= 15 is 0 Å². The second kappa shape index (κ2) is 11.2. The van der Waals surface area contributed by atoms with Gasteiger partial charge in [0.2, 0.25) is 0 Å². The summed E-state index contributed by atoms with van der Waals surface area (Å²) in [6.45, 7) is -0.296. The number of hydrogen-bond acceptors (Lipinski definition) is 5. The van der Waals surface area contributed by atoms with Crippen molar-refractivity contribution in [3.8, 4) is 5.75 Å². The maximum atomic E-state index is 12.3. The first kappa shape index (κ1) is 23.2. The van der Waals surface area contributed by atoms with Crippen molar-refractivity contribution in [2.45, 2.75) is 0 Å². The predicted molar refractivity (Wildman–Crippen MR) is 125 cm³/mol. The minimum absolute atomic E-state index is 0.268. The summed E-state index contributed by atoms with van der Waals surface area (Å²) in [5, 5.41) is 6.63. The van der Waals surface area contributed by atoms with Gasteiger partial charge in [0, 0.05) is 10.0 Å². The van der Waals surface area contributed by atoms with E-state index in [1.807, 2.05) is 0 Å². The molecule has 0 aliphatic carbocycles. The van der Waals surface area contributed by atoms with E-state index in [9.17, 15) is 14.4 Å². The molecule has 0 unspecified atom stereocenters. The molecule has 0 aromatic heterocycles. The molecule has 3 rings (SSSR count). The highest BCUT2D eigenvalue weighted by Gasteiger charge is 2.12. The van der Waals surface area contributed by atoms with Gasteiger partial charge in [-0.2, -0.15) is 5.10 Å². The van der Waals surface area contributed by atoms with E-state index in [1.165, 1.54) is 6.21 Å². The second-order valence-corrected chi connectivity index (χ2v) is 7.72. The van der Waals surface area contributed by atoms with Crippen molar-refractivity contribution in [1.82, 2.24) is 10.7 Å². The van der Waals surface area contributed by atoms with Crippen LogP contribution in [0, 0.1) is 0 Å². The molecule has 0 atom stereocenters. The van der Waals surface area contributed by atoms with Crippen LogP contribution in [0.3, 0.4) is 0 Å². The summed E-state index contributed by atoms with van der Waals surface area (Å²) in [6.07, 6.45) is 1.34. The van der Waals surface area contributed by atoms with Crippen molar-refractivity contribution < 1.29 is 19.1 Å². The van der Waals surface area contributed by atoms with E-state index in [0.717, 1.165) is 4.47 Å². The summed E-state index contributed by atoms with van der Waals surface area (Å²) in [4.78, 5) is 36.4. The Labute approximate surface area is 197 Å². The molecule has 0 saturated carbocycles. The number of hydrazone groups is 1. The van der Waals surface area contributed by atoms with Gasteiger partial charge in [-0.25, -0.2) is 10.2 Å². The van der Waals surface area contributed by atoms with E-state index in [-0.39, 0.29) is 22.9 Å². The van der Waals surface area contributed by atoms with Crippen molar-refractivity contribution in [2.75, 3.05) is 6.54 Å². The maximum absolute atomic E-state index is 12.3. The first-order chi connectivity index (χ1) is 15.4. The molecular weight excluding hydrogens is 498 g/mol. The van der Waals surface area contributed by atoms with Gasteiger partial charge in [0.05, 0.1) is 28.9 Å². The number of esters is 1. The van der Waals surface area contributed by atoms with Crippen LogP contribution in [-0.2, 0) is 4.79 Å². The van der Waals surface area contributed by atoms with E-state index in [1.54, 1.807) is 72.8 Å². The number of ether oxygens (including phenoxy) is 1. The molecule has 0 fully saturated rings. The lowest BCUT2D eigenvalue weighted by atomic mass is 10.2. The predicted octanol–water partition coefficient (Wildman–Crippen LogP) is 4.20. The normalized spacial score (nSPS) is 10.6. The molecule has 2 amide bonds. The van der Waals surface area contributed by atoms with Gasteiger partial charge in [0.1, 0.15) is 5.75 Å². The third-order valence-corrected chi connectivity index (χ3v) is 4.93. The molecule has 0 aliphatic rings. The van der Waals surface area contributed by atoms with E-state index in [2.05, 4.69) is 31.8 Å². The summed E-state index contributed by atoms with van der Waals surface area (Å²) in [5.41, 5.74) is 3.44. The molecule has 3 aromatic carbocycles. The lowest BCUT2D eigenvalue weighted by molar-refractivity contribution is -0.120. The average molecular weight is 515 g/mol. The maximum Gasteiger partial charge on any atom is 0.343 e. The number of rotatable bonds is 7. The Kier molecular flexibility index (Phi) is 8.13. The molecule has 0 heterocycles. The Morgan fingerprint density at radius 3 is 2.47 bits per heavy atom. The van der Waals surface area contributed by atoms with Crippen molar-refractivity contribution in [2.24, 2.45) is 5.10 Å². The van der Waals surface area contributed by atoms with Crippen LogP contribution in [0.1, 0.15) is 26.3 Å². The van der Waals surface area contributed by atoms with Gasteiger partial charge in [0.15, 0.2) is 0 Å². The molecule has 0 spiro atoms. The fourth-order valence-electron chi connectivity index (χ4n) is 2.56. The third kappa shape index (κ3) is 6.50. The molecule has 32 heavy (non-hydrogen) atoms. The molecule has 0 radical (unpaired) electrons. The summed E-state index contributed by atoms with van der Waals surface area (Å²) in [6, 6.07) is 20.1. The Balaban J connectivity index is 1.59. The Morgan fingerprint density at radius 1 is 1.00 bits per heavy atom. The highest BCUT2D eigenvalue weighted by Crippen LogP contribution is 2.23. The number of amides is 2. The van der Waals surface area contributed by atoms with Crippen LogP contribution in [0.5, 0.6) is 5.75 Å². The van der Waals surface area contributed by atoms with Gasteiger partial charge in [-0.3, -0.25) is 9.59 Å². The second-order valence-electron chi connectivity index (χ2n) is 6.39. The van der Waals surface area contributed by atoms with E-state index < -0.39 is 17.8 Å². The van der Waals surface area contributed by atoms with Crippen molar-refractivity contribution in [3.63, 3.8) is 0 Å². The third-order valence-electron chi connectivity index (χ3n) is 4.10. The van der Waals surface area contributed by atoms with Crippen molar-refractivity contribution in [3.05, 3.63) is 99.0 Å². The molecule has 0 aliphatic heterocycles. The highest BCUT2D eigenvalue weighted by atomic mass is 79.9. The summed E-state index contributed by atoms with van der Waals surface area (Å²) in [5.74, 6) is -1.27. The van der Waals surface area contributed by atoms with Gasteiger partial charge in [-0.15, -0.1) is 0 Å². The van der Waals surface area contributed by atoms with Gasteiger partial charge >= 0.3 is 5.97 Å². The fourth-order valence-corrected chi connectivity index (χ4v) is 3.16.